The molecule has 2 aromatic carbocycles. The number of nitro groups is 1. The van der Waals surface area contributed by atoms with Crippen LogP contribution in [0.4, 0.5) is 18.9 Å². The van der Waals surface area contributed by atoms with Gasteiger partial charge in [0.1, 0.15) is 0 Å². The molecule has 0 radical (unpaired) electrons. The number of non-ortho nitro benzene ring substituents is 1. The Morgan fingerprint density at radius 1 is 1.18 bits per heavy atom. The number of nitro benzene ring substituents is 1. The Kier molecular flexibility index (Phi) is 5.75. The molecule has 0 fully saturated rings. The molecule has 172 valence electrons. The Hall–Kier alpha value is -4.68. The molecule has 0 bridgehead atoms. The number of para-hydroxylation sites is 1. The summed E-state index contributed by atoms with van der Waals surface area (Å²) in [5.41, 5.74) is 2.03. The number of aromatic nitrogens is 4. The number of hydrogen-bond donors (Lipinski definition) is 1. The van der Waals surface area contributed by atoms with Crippen molar-refractivity contribution in [3.05, 3.63) is 87.4 Å². The lowest BCUT2D eigenvalue weighted by Gasteiger charge is -2.12. The summed E-state index contributed by atoms with van der Waals surface area (Å²) < 4.78 is 41.3. The summed E-state index contributed by atoms with van der Waals surface area (Å²) in [5.74, 6) is -0.698. The first-order valence-electron chi connectivity index (χ1n) is 9.62. The Labute approximate surface area is 188 Å². The maximum Gasteiger partial charge on any atom is 0.418 e. The zero-order chi connectivity index (χ0) is 24.5. The van der Waals surface area contributed by atoms with Gasteiger partial charge >= 0.3 is 6.18 Å². The molecule has 0 saturated heterocycles. The van der Waals surface area contributed by atoms with Crippen LogP contribution in [0.15, 0.2) is 59.8 Å². The first-order chi connectivity index (χ1) is 16.2. The molecule has 0 saturated carbocycles. The zero-order valence-electron chi connectivity index (χ0n) is 17.3. The molecule has 0 aliphatic rings. The summed E-state index contributed by atoms with van der Waals surface area (Å²) >= 11 is 0. The van der Waals surface area contributed by atoms with Crippen LogP contribution in [0.3, 0.4) is 0 Å². The Morgan fingerprint density at radius 2 is 1.91 bits per heavy atom. The molecule has 2 aromatic heterocycles. The van der Waals surface area contributed by atoms with Crippen LogP contribution in [0.25, 0.3) is 16.6 Å². The van der Waals surface area contributed by atoms with E-state index >= 15 is 0 Å². The minimum absolute atomic E-state index is 0.0839. The maximum absolute atomic E-state index is 13.4. The fourth-order valence-corrected chi connectivity index (χ4v) is 3.24. The third kappa shape index (κ3) is 4.30. The topological polar surface area (TPSA) is 128 Å². The Bertz CT molecular complexity index is 1430. The number of alkyl halides is 3. The van der Waals surface area contributed by atoms with E-state index in [1.165, 1.54) is 66.5 Å². The summed E-state index contributed by atoms with van der Waals surface area (Å²) in [6, 6.07) is 10.7. The Balaban J connectivity index is 1.59. The number of hydrogen-bond acceptors (Lipinski definition) is 7. The van der Waals surface area contributed by atoms with Gasteiger partial charge in [0.25, 0.3) is 11.6 Å². The number of rotatable bonds is 5. The number of carbonyl (C=O) groups is 1. The van der Waals surface area contributed by atoms with Crippen molar-refractivity contribution in [1.82, 2.24) is 25.4 Å². The van der Waals surface area contributed by atoms with Gasteiger partial charge < -0.3 is 0 Å². The minimum atomic E-state index is -4.59. The van der Waals surface area contributed by atoms with Gasteiger partial charge in [-0.1, -0.05) is 17.3 Å². The van der Waals surface area contributed by atoms with Gasteiger partial charge in [0, 0.05) is 23.7 Å². The van der Waals surface area contributed by atoms with Crippen LogP contribution in [-0.4, -0.2) is 37.0 Å². The van der Waals surface area contributed by atoms with Gasteiger partial charge in [-0.2, -0.15) is 18.3 Å². The summed E-state index contributed by atoms with van der Waals surface area (Å²) in [5, 5.41) is 22.4. The molecule has 0 spiro atoms. The standard InChI is InChI=1S/C21H14F3N7O3/c1-12-18(20(32)28-26-11-13-5-7-14(8-6-13)31(33)34)27-29-30(12)17-9-10-25-19-15(17)3-2-4-16(19)21(22,23)24/h2-11H,1H3,(H,28,32)/b26-11+. The van der Waals surface area contributed by atoms with Crippen LogP contribution in [0.2, 0.25) is 0 Å². The zero-order valence-corrected chi connectivity index (χ0v) is 17.3. The second kappa shape index (κ2) is 8.69. The highest BCUT2D eigenvalue weighted by molar-refractivity contribution is 5.95. The van der Waals surface area contributed by atoms with Crippen molar-refractivity contribution in [2.45, 2.75) is 13.1 Å². The lowest BCUT2D eigenvalue weighted by atomic mass is 10.1. The summed E-state index contributed by atoms with van der Waals surface area (Å²) in [4.78, 5) is 26.5. The molecule has 0 aliphatic carbocycles. The Morgan fingerprint density at radius 3 is 2.59 bits per heavy atom. The molecule has 1 N–H and O–H groups in total. The largest absolute Gasteiger partial charge is 0.418 e. The van der Waals surface area contributed by atoms with Crippen LogP contribution in [-0.2, 0) is 6.18 Å². The molecule has 13 heteroatoms. The number of benzene rings is 2. The fraction of sp³-hybridized carbons (Fsp3) is 0.0952. The number of pyridine rings is 1. The lowest BCUT2D eigenvalue weighted by molar-refractivity contribution is -0.384. The van der Waals surface area contributed by atoms with Crippen LogP contribution in [0.5, 0.6) is 0 Å². The molecule has 0 atom stereocenters. The quantitative estimate of drug-likeness (QED) is 0.269. The van der Waals surface area contributed by atoms with Crippen LogP contribution in [0.1, 0.15) is 27.3 Å². The monoisotopic (exact) mass is 469 g/mol. The van der Waals surface area contributed by atoms with Crippen molar-refractivity contribution in [3.63, 3.8) is 0 Å². The van der Waals surface area contributed by atoms with Crippen LogP contribution < -0.4 is 5.43 Å². The van der Waals surface area contributed by atoms with Crippen molar-refractivity contribution in [3.8, 4) is 5.69 Å². The number of hydrazone groups is 1. The normalized spacial score (nSPS) is 11.8. The van der Waals surface area contributed by atoms with Gasteiger partial charge in [0.2, 0.25) is 0 Å². The van der Waals surface area contributed by atoms with Crippen LogP contribution >= 0.6 is 0 Å². The third-order valence-electron chi connectivity index (χ3n) is 4.87. The molecule has 0 aliphatic heterocycles. The second-order valence-corrected chi connectivity index (χ2v) is 7.01. The van der Waals surface area contributed by atoms with Gasteiger partial charge in [-0.3, -0.25) is 19.9 Å². The van der Waals surface area contributed by atoms with E-state index in [-0.39, 0.29) is 33.7 Å². The molecule has 4 aromatic rings. The summed E-state index contributed by atoms with van der Waals surface area (Å²) in [6.45, 7) is 1.54. The van der Waals surface area contributed by atoms with Gasteiger partial charge in [0.05, 0.1) is 33.6 Å². The highest BCUT2D eigenvalue weighted by Gasteiger charge is 2.33. The van der Waals surface area contributed by atoms with Gasteiger partial charge in [0.15, 0.2) is 5.69 Å². The number of amides is 1. The van der Waals surface area contributed by atoms with Crippen molar-refractivity contribution in [2.24, 2.45) is 5.10 Å². The van der Waals surface area contributed by atoms with Crippen molar-refractivity contribution in [1.29, 1.82) is 0 Å². The fourth-order valence-electron chi connectivity index (χ4n) is 3.24. The number of fused-ring (bicyclic) bond motifs is 1. The van der Waals surface area contributed by atoms with E-state index in [0.29, 0.717) is 5.56 Å². The predicted octanol–water partition coefficient (Wildman–Crippen LogP) is 3.81. The SMILES string of the molecule is Cc1c(C(=O)N/N=C/c2ccc([N+](=O)[O-])cc2)nnn1-c1ccnc2c(C(F)(F)F)cccc12. The predicted molar refractivity (Wildman–Crippen MR) is 115 cm³/mol. The van der Waals surface area contributed by atoms with E-state index in [4.69, 9.17) is 0 Å². The van der Waals surface area contributed by atoms with Crippen molar-refractivity contribution in [2.75, 3.05) is 0 Å². The molecule has 2 heterocycles. The first-order valence-corrected chi connectivity index (χ1v) is 9.62. The van der Waals surface area contributed by atoms with Crippen molar-refractivity contribution < 1.29 is 22.9 Å². The molecule has 10 nitrogen and oxygen atoms in total. The van der Waals surface area contributed by atoms with E-state index < -0.39 is 22.6 Å². The van der Waals surface area contributed by atoms with E-state index in [2.05, 4.69) is 25.8 Å². The number of halogens is 3. The minimum Gasteiger partial charge on any atom is -0.265 e. The molecule has 1 amide bonds. The van der Waals surface area contributed by atoms with E-state index in [0.717, 1.165) is 6.07 Å². The van der Waals surface area contributed by atoms with E-state index in [9.17, 15) is 28.1 Å². The van der Waals surface area contributed by atoms with Gasteiger partial charge in [-0.15, -0.1) is 5.10 Å². The molecule has 0 unspecified atom stereocenters. The number of carbonyl (C=O) groups excluding carboxylic acids is 1. The van der Waals surface area contributed by atoms with Crippen molar-refractivity contribution >= 4 is 28.7 Å². The lowest BCUT2D eigenvalue weighted by Crippen LogP contribution is -2.19. The average Bonchev–Trinajstić information content (AvgIpc) is 3.19. The molecular weight excluding hydrogens is 455 g/mol. The third-order valence-corrected chi connectivity index (χ3v) is 4.87. The van der Waals surface area contributed by atoms with Crippen LogP contribution in [0, 0.1) is 17.0 Å². The number of nitrogens with one attached hydrogen (secondary N) is 1. The van der Waals surface area contributed by atoms with Gasteiger partial charge in [-0.25, -0.2) is 10.1 Å². The maximum atomic E-state index is 13.4. The van der Waals surface area contributed by atoms with Gasteiger partial charge in [-0.05, 0) is 36.8 Å². The number of nitrogens with zero attached hydrogens (tertiary/aromatic N) is 6. The van der Waals surface area contributed by atoms with E-state index in [1.807, 2.05) is 0 Å². The highest BCUT2D eigenvalue weighted by atomic mass is 19.4. The smallest absolute Gasteiger partial charge is 0.265 e. The second-order valence-electron chi connectivity index (χ2n) is 7.01. The first kappa shape index (κ1) is 22.5. The van der Waals surface area contributed by atoms with E-state index in [1.54, 1.807) is 0 Å². The average molecular weight is 469 g/mol. The molecular formula is C21H14F3N7O3. The summed E-state index contributed by atoms with van der Waals surface area (Å²) in [7, 11) is 0. The molecule has 4 rings (SSSR count). The summed E-state index contributed by atoms with van der Waals surface area (Å²) in [6.07, 6.45) is -2.08. The molecule has 34 heavy (non-hydrogen) atoms. The highest BCUT2D eigenvalue weighted by Crippen LogP contribution is 2.35.